The summed E-state index contributed by atoms with van der Waals surface area (Å²) in [5.74, 6) is -0.401. The number of benzene rings is 1. The molecule has 7 nitrogen and oxygen atoms in total. The highest BCUT2D eigenvalue weighted by Gasteiger charge is 2.25. The Kier molecular flexibility index (Phi) is 4.95. The first-order chi connectivity index (χ1) is 13.5. The number of aromatic nitrogens is 3. The molecule has 28 heavy (non-hydrogen) atoms. The molecule has 0 radical (unpaired) electrons. The molecule has 0 spiro atoms. The first-order valence-electron chi connectivity index (χ1n) is 9.16. The average molecular weight is 395 g/mol. The predicted molar refractivity (Wildman–Crippen MR) is 107 cm³/mol. The molecular formula is C20H21N5O2S. The highest BCUT2D eigenvalue weighted by molar-refractivity contribution is 7.13. The molecule has 1 atom stereocenters. The summed E-state index contributed by atoms with van der Waals surface area (Å²) >= 11 is 1.46. The topological polar surface area (TPSA) is 103 Å². The molecule has 0 saturated carbocycles. The number of aryl methyl sites for hydroxylation is 2. The van der Waals surface area contributed by atoms with E-state index in [2.05, 4.69) is 15.4 Å². The van der Waals surface area contributed by atoms with Gasteiger partial charge in [-0.05, 0) is 25.7 Å². The van der Waals surface area contributed by atoms with Crippen molar-refractivity contribution >= 4 is 23.2 Å². The van der Waals surface area contributed by atoms with Crippen LogP contribution in [0.1, 0.15) is 38.5 Å². The number of fused-ring (bicyclic) bond motifs is 1. The van der Waals surface area contributed by atoms with Crippen LogP contribution in [0.5, 0.6) is 0 Å². The Hall–Kier alpha value is -3.00. The minimum Gasteiger partial charge on any atom is -0.365 e. The van der Waals surface area contributed by atoms with Crippen LogP contribution in [0, 0.1) is 12.8 Å². The molecule has 3 heterocycles. The van der Waals surface area contributed by atoms with Crippen molar-refractivity contribution in [1.82, 2.24) is 20.1 Å². The van der Waals surface area contributed by atoms with Gasteiger partial charge in [-0.1, -0.05) is 29.8 Å². The summed E-state index contributed by atoms with van der Waals surface area (Å²) in [6.45, 7) is 3.28. The van der Waals surface area contributed by atoms with E-state index in [0.29, 0.717) is 24.2 Å². The van der Waals surface area contributed by atoms with E-state index in [9.17, 15) is 9.59 Å². The maximum Gasteiger partial charge on any atom is 0.270 e. The molecule has 3 N–H and O–H groups in total. The zero-order valence-electron chi connectivity index (χ0n) is 15.5. The van der Waals surface area contributed by atoms with Crippen molar-refractivity contribution in [3.63, 3.8) is 0 Å². The van der Waals surface area contributed by atoms with Crippen molar-refractivity contribution in [1.29, 1.82) is 0 Å². The number of nitrogens with zero attached hydrogens (tertiary/aromatic N) is 3. The third kappa shape index (κ3) is 3.68. The standard InChI is InChI=1S/C20H21N5O2S/c1-12-2-4-14(5-3-12)20-24-16(11-28-20)19(27)22-9-13-6-7-25-17(8-13)15(10-23-25)18(21)26/h2-5,10-11,13H,6-9H2,1H3,(H2,21,26)(H,22,27)/t13-/m0/s1. The monoisotopic (exact) mass is 395 g/mol. The molecule has 2 aromatic heterocycles. The van der Waals surface area contributed by atoms with Gasteiger partial charge in [0.2, 0.25) is 0 Å². The van der Waals surface area contributed by atoms with E-state index in [1.807, 2.05) is 35.9 Å². The van der Waals surface area contributed by atoms with Crippen LogP contribution in [0.2, 0.25) is 0 Å². The van der Waals surface area contributed by atoms with Gasteiger partial charge in [0.15, 0.2) is 0 Å². The third-order valence-electron chi connectivity index (χ3n) is 5.03. The quantitative estimate of drug-likeness (QED) is 0.692. The van der Waals surface area contributed by atoms with Crippen LogP contribution in [-0.2, 0) is 13.0 Å². The Bertz CT molecular complexity index is 1020. The van der Waals surface area contributed by atoms with E-state index in [1.165, 1.54) is 23.1 Å². The number of carbonyl (C=O) groups is 2. The summed E-state index contributed by atoms with van der Waals surface area (Å²) in [6, 6.07) is 8.09. The number of hydrogen-bond acceptors (Lipinski definition) is 5. The van der Waals surface area contributed by atoms with Crippen molar-refractivity contribution in [3.8, 4) is 10.6 Å². The van der Waals surface area contributed by atoms with Crippen LogP contribution in [0.4, 0.5) is 0 Å². The lowest BCUT2D eigenvalue weighted by atomic mass is 9.94. The predicted octanol–water partition coefficient (Wildman–Crippen LogP) is 2.41. The van der Waals surface area contributed by atoms with Crippen molar-refractivity contribution in [2.45, 2.75) is 26.3 Å². The number of hydrogen-bond donors (Lipinski definition) is 2. The maximum absolute atomic E-state index is 12.5. The summed E-state index contributed by atoms with van der Waals surface area (Å²) in [4.78, 5) is 28.5. The van der Waals surface area contributed by atoms with Crippen LogP contribution >= 0.6 is 11.3 Å². The van der Waals surface area contributed by atoms with Gasteiger partial charge in [-0.3, -0.25) is 14.3 Å². The summed E-state index contributed by atoms with van der Waals surface area (Å²) in [7, 11) is 0. The SMILES string of the molecule is Cc1ccc(-c2nc(C(=O)NC[C@H]3CCn4ncc(C(N)=O)c4C3)cs2)cc1. The minimum absolute atomic E-state index is 0.177. The molecule has 0 aliphatic carbocycles. The normalized spacial score (nSPS) is 15.8. The average Bonchev–Trinajstić information content (AvgIpc) is 3.33. The number of rotatable bonds is 5. The molecule has 4 rings (SSSR count). The molecule has 144 valence electrons. The van der Waals surface area contributed by atoms with Crippen molar-refractivity contribution < 1.29 is 9.59 Å². The van der Waals surface area contributed by atoms with E-state index in [1.54, 1.807) is 5.38 Å². The molecule has 0 bridgehead atoms. The van der Waals surface area contributed by atoms with Gasteiger partial charge in [0.05, 0.1) is 17.5 Å². The fraction of sp³-hybridized carbons (Fsp3) is 0.300. The van der Waals surface area contributed by atoms with Gasteiger partial charge in [-0.15, -0.1) is 11.3 Å². The Morgan fingerprint density at radius 1 is 1.32 bits per heavy atom. The van der Waals surface area contributed by atoms with Gasteiger partial charge >= 0.3 is 0 Å². The van der Waals surface area contributed by atoms with Crippen LogP contribution in [-0.4, -0.2) is 33.1 Å². The molecule has 1 aliphatic rings. The number of carbonyl (C=O) groups excluding carboxylic acids is 2. The summed E-state index contributed by atoms with van der Waals surface area (Å²) in [5.41, 5.74) is 9.37. The fourth-order valence-corrected chi connectivity index (χ4v) is 4.22. The molecule has 2 amide bonds. The molecule has 0 unspecified atom stereocenters. The van der Waals surface area contributed by atoms with Gasteiger partial charge in [0.1, 0.15) is 10.7 Å². The maximum atomic E-state index is 12.5. The lowest BCUT2D eigenvalue weighted by molar-refractivity contribution is 0.0937. The van der Waals surface area contributed by atoms with E-state index >= 15 is 0 Å². The van der Waals surface area contributed by atoms with Gasteiger partial charge < -0.3 is 11.1 Å². The van der Waals surface area contributed by atoms with Gasteiger partial charge in [-0.25, -0.2) is 4.98 Å². The van der Waals surface area contributed by atoms with E-state index in [4.69, 9.17) is 5.73 Å². The largest absolute Gasteiger partial charge is 0.365 e. The van der Waals surface area contributed by atoms with Crippen LogP contribution in [0.15, 0.2) is 35.8 Å². The Balaban J connectivity index is 1.38. The lowest BCUT2D eigenvalue weighted by Gasteiger charge is -2.24. The Morgan fingerprint density at radius 3 is 2.86 bits per heavy atom. The summed E-state index contributed by atoms with van der Waals surface area (Å²) < 4.78 is 1.83. The second-order valence-electron chi connectivity index (χ2n) is 7.07. The number of amides is 2. The highest BCUT2D eigenvalue weighted by Crippen LogP contribution is 2.25. The number of nitrogens with two attached hydrogens (primary N) is 1. The van der Waals surface area contributed by atoms with Gasteiger partial charge in [0.25, 0.3) is 11.8 Å². The number of primary amides is 1. The van der Waals surface area contributed by atoms with E-state index in [-0.39, 0.29) is 11.8 Å². The second kappa shape index (κ2) is 7.55. The molecule has 0 saturated heterocycles. The van der Waals surface area contributed by atoms with E-state index in [0.717, 1.165) is 29.2 Å². The summed E-state index contributed by atoms with van der Waals surface area (Å²) in [5, 5.41) is 9.80. The zero-order chi connectivity index (χ0) is 19.7. The molecule has 1 aromatic carbocycles. The lowest BCUT2D eigenvalue weighted by Crippen LogP contribution is -2.34. The van der Waals surface area contributed by atoms with Crippen molar-refractivity contribution in [3.05, 3.63) is 58.4 Å². The molecule has 8 heteroatoms. The third-order valence-corrected chi connectivity index (χ3v) is 5.92. The number of thiazole rings is 1. The van der Waals surface area contributed by atoms with Crippen LogP contribution < -0.4 is 11.1 Å². The minimum atomic E-state index is -0.461. The van der Waals surface area contributed by atoms with E-state index < -0.39 is 5.91 Å². The van der Waals surface area contributed by atoms with Crippen molar-refractivity contribution in [2.24, 2.45) is 11.7 Å². The van der Waals surface area contributed by atoms with Gasteiger partial charge in [0, 0.05) is 24.0 Å². The molecular weight excluding hydrogens is 374 g/mol. The highest BCUT2D eigenvalue weighted by atomic mass is 32.1. The summed E-state index contributed by atoms with van der Waals surface area (Å²) in [6.07, 6.45) is 3.09. The fourth-order valence-electron chi connectivity index (χ4n) is 3.41. The van der Waals surface area contributed by atoms with Crippen LogP contribution in [0.3, 0.4) is 0 Å². The van der Waals surface area contributed by atoms with Gasteiger partial charge in [-0.2, -0.15) is 5.10 Å². The smallest absolute Gasteiger partial charge is 0.270 e. The molecule has 3 aromatic rings. The Labute approximate surface area is 166 Å². The second-order valence-corrected chi connectivity index (χ2v) is 7.92. The molecule has 0 fully saturated rings. The zero-order valence-corrected chi connectivity index (χ0v) is 16.3. The van der Waals surface area contributed by atoms with Crippen molar-refractivity contribution in [2.75, 3.05) is 6.54 Å². The molecule has 1 aliphatic heterocycles. The number of nitrogens with one attached hydrogen (secondary N) is 1. The Morgan fingerprint density at radius 2 is 2.11 bits per heavy atom. The first kappa shape index (κ1) is 18.4. The first-order valence-corrected chi connectivity index (χ1v) is 10.0. The van der Waals surface area contributed by atoms with Crippen LogP contribution in [0.25, 0.3) is 10.6 Å².